The molecule has 0 aliphatic heterocycles. The standard InChI is InChI=1S/C21H32O2/c1-6-8-16-9-10-19(20(13-16)22-5)23-15-18-11-12-21(3,4)14-17(18)7-2/h9-10,13,15,17H,6-8,11-12,14H2,1-5H3/b18-15+. The van der Waals surface area contributed by atoms with Crippen LogP contribution in [0.5, 0.6) is 11.5 Å². The number of benzene rings is 1. The van der Waals surface area contributed by atoms with Crippen molar-refractivity contribution in [2.45, 2.75) is 66.2 Å². The third-order valence-electron chi connectivity index (χ3n) is 5.01. The molecular weight excluding hydrogens is 284 g/mol. The molecule has 0 saturated heterocycles. The van der Waals surface area contributed by atoms with Crippen LogP contribution in [0.1, 0.15) is 65.4 Å². The first-order chi connectivity index (χ1) is 11.0. The Bertz CT molecular complexity index is 543. The zero-order chi connectivity index (χ0) is 16.9. The largest absolute Gasteiger partial charge is 0.493 e. The fraction of sp³-hybridized carbons (Fsp3) is 0.619. The summed E-state index contributed by atoms with van der Waals surface area (Å²) >= 11 is 0. The van der Waals surface area contributed by atoms with Gasteiger partial charge in [0.1, 0.15) is 0 Å². The van der Waals surface area contributed by atoms with E-state index in [0.29, 0.717) is 11.3 Å². The molecule has 0 N–H and O–H groups in total. The third kappa shape index (κ3) is 4.76. The molecule has 2 nitrogen and oxygen atoms in total. The maximum atomic E-state index is 6.01. The van der Waals surface area contributed by atoms with Crippen molar-refractivity contribution in [3.63, 3.8) is 0 Å². The van der Waals surface area contributed by atoms with Gasteiger partial charge >= 0.3 is 0 Å². The van der Waals surface area contributed by atoms with Crippen LogP contribution < -0.4 is 9.47 Å². The van der Waals surface area contributed by atoms with Gasteiger partial charge in [0.25, 0.3) is 0 Å². The van der Waals surface area contributed by atoms with E-state index in [0.717, 1.165) is 30.8 Å². The quantitative estimate of drug-likeness (QED) is 0.586. The topological polar surface area (TPSA) is 18.5 Å². The van der Waals surface area contributed by atoms with Crippen molar-refractivity contribution in [3.8, 4) is 11.5 Å². The lowest BCUT2D eigenvalue weighted by Gasteiger charge is -2.36. The predicted octanol–water partition coefficient (Wildman–Crippen LogP) is 6.15. The molecular formula is C21H32O2. The number of hydrogen-bond donors (Lipinski definition) is 0. The highest BCUT2D eigenvalue weighted by atomic mass is 16.5. The van der Waals surface area contributed by atoms with E-state index in [9.17, 15) is 0 Å². The minimum atomic E-state index is 0.456. The summed E-state index contributed by atoms with van der Waals surface area (Å²) in [5, 5.41) is 0. The van der Waals surface area contributed by atoms with Crippen LogP contribution in [0.3, 0.4) is 0 Å². The fourth-order valence-electron chi connectivity index (χ4n) is 3.54. The number of rotatable bonds is 6. The van der Waals surface area contributed by atoms with Crippen molar-refractivity contribution >= 4 is 0 Å². The summed E-state index contributed by atoms with van der Waals surface area (Å²) in [5.74, 6) is 2.29. The summed E-state index contributed by atoms with van der Waals surface area (Å²) in [4.78, 5) is 0. The summed E-state index contributed by atoms with van der Waals surface area (Å²) in [6.07, 6.45) is 9.02. The van der Waals surface area contributed by atoms with E-state index in [4.69, 9.17) is 9.47 Å². The van der Waals surface area contributed by atoms with Crippen LogP contribution in [0.15, 0.2) is 30.0 Å². The highest BCUT2D eigenvalue weighted by Crippen LogP contribution is 2.43. The number of aryl methyl sites for hydroxylation is 1. The maximum Gasteiger partial charge on any atom is 0.168 e. The van der Waals surface area contributed by atoms with Crippen LogP contribution in [-0.2, 0) is 6.42 Å². The zero-order valence-electron chi connectivity index (χ0n) is 15.4. The minimum Gasteiger partial charge on any atom is -0.493 e. The van der Waals surface area contributed by atoms with Gasteiger partial charge in [-0.3, -0.25) is 0 Å². The lowest BCUT2D eigenvalue weighted by Crippen LogP contribution is -2.24. The average molecular weight is 316 g/mol. The molecule has 0 bridgehead atoms. The Kier molecular flexibility index (Phi) is 6.15. The maximum absolute atomic E-state index is 6.01. The van der Waals surface area contributed by atoms with Gasteiger partial charge in [0.2, 0.25) is 0 Å². The van der Waals surface area contributed by atoms with Crippen molar-refractivity contribution < 1.29 is 9.47 Å². The molecule has 0 aromatic heterocycles. The second kappa shape index (κ2) is 7.90. The predicted molar refractivity (Wildman–Crippen MR) is 97.1 cm³/mol. The van der Waals surface area contributed by atoms with Crippen molar-refractivity contribution in [3.05, 3.63) is 35.6 Å². The summed E-state index contributed by atoms with van der Waals surface area (Å²) in [6, 6.07) is 6.27. The fourth-order valence-corrected chi connectivity index (χ4v) is 3.54. The zero-order valence-corrected chi connectivity index (χ0v) is 15.4. The summed E-state index contributed by atoms with van der Waals surface area (Å²) < 4.78 is 11.5. The molecule has 1 aliphatic carbocycles. The van der Waals surface area contributed by atoms with Gasteiger partial charge in [-0.15, -0.1) is 0 Å². The third-order valence-corrected chi connectivity index (χ3v) is 5.01. The van der Waals surface area contributed by atoms with E-state index in [1.165, 1.54) is 30.4 Å². The Labute approximate surface area is 141 Å². The molecule has 1 aliphatic rings. The number of allylic oxidation sites excluding steroid dienone is 1. The molecule has 1 saturated carbocycles. The SMILES string of the molecule is CCCc1ccc(O/C=C2\CCC(C)(C)CC2CC)c(OC)c1. The Morgan fingerprint density at radius 2 is 2.00 bits per heavy atom. The first kappa shape index (κ1) is 17.9. The summed E-state index contributed by atoms with van der Waals surface area (Å²) in [5.41, 5.74) is 3.21. The minimum absolute atomic E-state index is 0.456. The molecule has 1 aromatic carbocycles. The van der Waals surface area contributed by atoms with Crippen LogP contribution in [0.4, 0.5) is 0 Å². The molecule has 0 amide bonds. The lowest BCUT2D eigenvalue weighted by atomic mass is 9.69. The second-order valence-electron chi connectivity index (χ2n) is 7.52. The highest BCUT2D eigenvalue weighted by molar-refractivity contribution is 5.43. The lowest BCUT2D eigenvalue weighted by molar-refractivity contribution is 0.218. The normalized spacial score (nSPS) is 22.1. The van der Waals surface area contributed by atoms with Gasteiger partial charge in [-0.2, -0.15) is 0 Å². The number of methoxy groups -OCH3 is 1. The molecule has 1 aromatic rings. The molecule has 23 heavy (non-hydrogen) atoms. The van der Waals surface area contributed by atoms with Crippen LogP contribution >= 0.6 is 0 Å². The van der Waals surface area contributed by atoms with Gasteiger partial charge in [-0.1, -0.05) is 40.2 Å². The molecule has 1 unspecified atom stereocenters. The van der Waals surface area contributed by atoms with E-state index >= 15 is 0 Å². The smallest absolute Gasteiger partial charge is 0.168 e. The molecule has 0 heterocycles. The van der Waals surface area contributed by atoms with E-state index in [1.807, 2.05) is 12.3 Å². The molecule has 0 spiro atoms. The first-order valence-corrected chi connectivity index (χ1v) is 9.01. The Hall–Kier alpha value is -1.44. The van der Waals surface area contributed by atoms with Crippen LogP contribution in [-0.4, -0.2) is 7.11 Å². The first-order valence-electron chi connectivity index (χ1n) is 9.01. The van der Waals surface area contributed by atoms with E-state index in [-0.39, 0.29) is 0 Å². The monoisotopic (exact) mass is 316 g/mol. The van der Waals surface area contributed by atoms with Crippen molar-refractivity contribution in [1.29, 1.82) is 0 Å². The molecule has 2 heteroatoms. The van der Waals surface area contributed by atoms with Gasteiger partial charge in [-0.25, -0.2) is 0 Å². The van der Waals surface area contributed by atoms with Crippen LogP contribution in [0, 0.1) is 11.3 Å². The van der Waals surface area contributed by atoms with Crippen molar-refractivity contribution in [2.24, 2.45) is 11.3 Å². The van der Waals surface area contributed by atoms with Gasteiger partial charge in [0.15, 0.2) is 11.5 Å². The van der Waals surface area contributed by atoms with Crippen LogP contribution in [0.2, 0.25) is 0 Å². The van der Waals surface area contributed by atoms with E-state index in [1.54, 1.807) is 7.11 Å². The Morgan fingerprint density at radius 3 is 2.65 bits per heavy atom. The van der Waals surface area contributed by atoms with Gasteiger partial charge in [0.05, 0.1) is 13.4 Å². The van der Waals surface area contributed by atoms with E-state index in [2.05, 4.69) is 39.8 Å². The van der Waals surface area contributed by atoms with Crippen LogP contribution in [0.25, 0.3) is 0 Å². The molecule has 2 rings (SSSR count). The number of hydrogen-bond acceptors (Lipinski definition) is 2. The van der Waals surface area contributed by atoms with Crippen molar-refractivity contribution in [2.75, 3.05) is 7.11 Å². The Morgan fingerprint density at radius 1 is 1.22 bits per heavy atom. The van der Waals surface area contributed by atoms with Gasteiger partial charge < -0.3 is 9.47 Å². The summed E-state index contributed by atoms with van der Waals surface area (Å²) in [7, 11) is 1.71. The summed E-state index contributed by atoms with van der Waals surface area (Å²) in [6.45, 7) is 9.22. The molecule has 1 fully saturated rings. The van der Waals surface area contributed by atoms with E-state index < -0.39 is 0 Å². The second-order valence-corrected chi connectivity index (χ2v) is 7.52. The average Bonchev–Trinajstić information content (AvgIpc) is 2.54. The Balaban J connectivity index is 2.12. The molecule has 128 valence electrons. The molecule has 0 radical (unpaired) electrons. The van der Waals surface area contributed by atoms with Crippen molar-refractivity contribution in [1.82, 2.24) is 0 Å². The molecule has 1 atom stereocenters. The highest BCUT2D eigenvalue weighted by Gasteiger charge is 2.30. The van der Waals surface area contributed by atoms with Gasteiger partial charge in [-0.05, 0) is 66.7 Å². The number of ether oxygens (including phenoxy) is 2. The van der Waals surface area contributed by atoms with Gasteiger partial charge in [0, 0.05) is 0 Å².